The van der Waals surface area contributed by atoms with Gasteiger partial charge in [0.1, 0.15) is 5.69 Å². The number of hydrogen-bond donors (Lipinski definition) is 0. The Morgan fingerprint density at radius 2 is 1.95 bits per heavy atom. The molecule has 3 rings (SSSR count). The van der Waals surface area contributed by atoms with Crippen LogP contribution in [0.2, 0.25) is 0 Å². The Labute approximate surface area is 128 Å². The molecule has 2 saturated heterocycles. The predicted octanol–water partition coefficient (Wildman–Crippen LogP) is 0.717. The van der Waals surface area contributed by atoms with Gasteiger partial charge in [-0.1, -0.05) is 13.0 Å². The van der Waals surface area contributed by atoms with E-state index >= 15 is 0 Å². The van der Waals surface area contributed by atoms with E-state index in [0.717, 1.165) is 39.0 Å². The molecule has 0 unspecified atom stereocenters. The summed E-state index contributed by atoms with van der Waals surface area (Å²) in [6, 6.07) is 5.34. The van der Waals surface area contributed by atoms with E-state index < -0.39 is 5.34 Å². The van der Waals surface area contributed by atoms with Crippen LogP contribution in [0.4, 0.5) is 0 Å². The van der Waals surface area contributed by atoms with E-state index in [-0.39, 0.29) is 5.91 Å². The van der Waals surface area contributed by atoms with Crippen molar-refractivity contribution in [3.05, 3.63) is 29.6 Å². The lowest BCUT2D eigenvalue weighted by Crippen LogP contribution is -2.58. The fourth-order valence-electron chi connectivity index (χ4n) is 3.02. The summed E-state index contributed by atoms with van der Waals surface area (Å²) in [6.07, 6.45) is 2.13. The third kappa shape index (κ3) is 2.73. The number of likely N-dealkylation sites (tertiary alicyclic amines) is 2. The van der Waals surface area contributed by atoms with Gasteiger partial charge in [0.2, 0.25) is 0 Å². The van der Waals surface area contributed by atoms with Crippen LogP contribution in [0.5, 0.6) is 0 Å². The molecule has 0 spiro atoms. The summed E-state index contributed by atoms with van der Waals surface area (Å²) in [5.41, 5.74) is 0.989. The summed E-state index contributed by atoms with van der Waals surface area (Å²) >= 11 is 0. The molecule has 2 aliphatic heterocycles. The molecule has 1 aromatic heterocycles. The van der Waals surface area contributed by atoms with Crippen LogP contribution in [-0.4, -0.2) is 62.6 Å². The molecule has 3 heterocycles. The topological polar surface area (TPSA) is 36.4 Å². The van der Waals surface area contributed by atoms with E-state index in [1.54, 1.807) is 12.1 Å². The number of amides is 1. The van der Waals surface area contributed by atoms with Crippen LogP contribution in [0.3, 0.4) is 0 Å². The maximum Gasteiger partial charge on any atom is 0.272 e. The Morgan fingerprint density at radius 1 is 1.29 bits per heavy atom. The maximum atomic E-state index is 12.4. The highest BCUT2D eigenvalue weighted by Gasteiger charge is 2.36. The monoisotopic (exact) mass is 279 g/mol. The Kier molecular flexibility index (Phi) is 3.82. The van der Waals surface area contributed by atoms with Gasteiger partial charge in [-0.2, -0.15) is 0 Å². The Bertz CT molecular complexity index is 537. The summed E-state index contributed by atoms with van der Waals surface area (Å²) in [4.78, 5) is 20.7. The smallest absolute Gasteiger partial charge is 0.272 e. The van der Waals surface area contributed by atoms with Gasteiger partial charge < -0.3 is 9.80 Å². The van der Waals surface area contributed by atoms with E-state index in [9.17, 15) is 4.79 Å². The van der Waals surface area contributed by atoms with Crippen molar-refractivity contribution in [2.75, 3.05) is 26.2 Å². The lowest BCUT2D eigenvalue weighted by atomic mass is 9.57. The first-order chi connectivity index (χ1) is 9.98. The predicted molar refractivity (Wildman–Crippen MR) is 83.3 cm³/mol. The number of carbonyl (C=O) groups is 1. The molecular weight excluding hydrogens is 260 g/mol. The van der Waals surface area contributed by atoms with Crippen LogP contribution < -0.4 is 0 Å². The summed E-state index contributed by atoms with van der Waals surface area (Å²) < 4.78 is 0. The molecule has 0 N–H and O–H groups in total. The molecular formula is C15H19B2N3O. The normalized spacial score (nSPS) is 20.5. The van der Waals surface area contributed by atoms with Crippen LogP contribution in [-0.2, 0) is 5.34 Å². The van der Waals surface area contributed by atoms with Gasteiger partial charge in [-0.3, -0.25) is 4.79 Å². The molecule has 0 aromatic carbocycles. The molecule has 1 aromatic rings. The molecule has 1 amide bonds. The van der Waals surface area contributed by atoms with Gasteiger partial charge in [0, 0.05) is 31.9 Å². The van der Waals surface area contributed by atoms with Crippen molar-refractivity contribution in [2.45, 2.75) is 25.1 Å². The van der Waals surface area contributed by atoms with Crippen molar-refractivity contribution >= 4 is 21.6 Å². The van der Waals surface area contributed by atoms with Gasteiger partial charge in [-0.25, -0.2) is 4.98 Å². The van der Waals surface area contributed by atoms with Crippen LogP contribution in [0.25, 0.3) is 0 Å². The van der Waals surface area contributed by atoms with Crippen molar-refractivity contribution in [1.29, 1.82) is 0 Å². The van der Waals surface area contributed by atoms with Gasteiger partial charge in [-0.15, -0.1) is 0 Å². The number of hydrogen-bond acceptors (Lipinski definition) is 3. The first-order valence-electron chi connectivity index (χ1n) is 7.58. The molecule has 2 fully saturated rings. The maximum absolute atomic E-state index is 12.4. The van der Waals surface area contributed by atoms with Crippen molar-refractivity contribution in [3.63, 3.8) is 0 Å². The average molecular weight is 279 g/mol. The molecule has 0 saturated carbocycles. The number of pyridine rings is 1. The largest absolute Gasteiger partial charge is 0.337 e. The molecule has 0 aliphatic carbocycles. The second-order valence-electron chi connectivity index (χ2n) is 6.24. The zero-order chi connectivity index (χ0) is 15.0. The highest BCUT2D eigenvalue weighted by atomic mass is 16.2. The van der Waals surface area contributed by atoms with Gasteiger partial charge in [-0.05, 0) is 36.2 Å². The van der Waals surface area contributed by atoms with Crippen molar-refractivity contribution < 1.29 is 4.79 Å². The van der Waals surface area contributed by atoms with Crippen LogP contribution in [0.1, 0.15) is 35.9 Å². The van der Waals surface area contributed by atoms with Gasteiger partial charge >= 0.3 is 0 Å². The summed E-state index contributed by atoms with van der Waals surface area (Å²) in [7, 11) is 12.5. The Hall–Kier alpha value is -1.29. The van der Waals surface area contributed by atoms with Crippen molar-refractivity contribution in [1.82, 2.24) is 14.8 Å². The molecule has 2 aliphatic rings. The fraction of sp³-hybridized carbons (Fsp3) is 0.600. The fourth-order valence-corrected chi connectivity index (χ4v) is 3.02. The lowest BCUT2D eigenvalue weighted by molar-refractivity contribution is 0.0735. The first-order valence-corrected chi connectivity index (χ1v) is 7.58. The number of rotatable bonds is 3. The zero-order valence-corrected chi connectivity index (χ0v) is 12.5. The van der Waals surface area contributed by atoms with Crippen LogP contribution in [0, 0.1) is 5.92 Å². The molecule has 6 heteroatoms. The lowest BCUT2D eigenvalue weighted by Gasteiger charge is -2.49. The van der Waals surface area contributed by atoms with Crippen molar-refractivity contribution in [3.8, 4) is 0 Å². The van der Waals surface area contributed by atoms with Gasteiger partial charge in [0.25, 0.3) is 5.91 Å². The van der Waals surface area contributed by atoms with E-state index in [1.807, 2.05) is 15.9 Å². The molecule has 106 valence electrons. The second-order valence-corrected chi connectivity index (χ2v) is 6.24. The van der Waals surface area contributed by atoms with Gasteiger partial charge in [0.05, 0.1) is 15.7 Å². The minimum Gasteiger partial charge on any atom is -0.337 e. The quantitative estimate of drug-likeness (QED) is 0.765. The van der Waals surface area contributed by atoms with Crippen LogP contribution in [0.15, 0.2) is 18.2 Å². The summed E-state index contributed by atoms with van der Waals surface area (Å²) in [5, 5.41) is -1.10. The minimum atomic E-state index is -1.10. The van der Waals surface area contributed by atoms with E-state index in [0.29, 0.717) is 17.3 Å². The molecule has 0 bridgehead atoms. The van der Waals surface area contributed by atoms with E-state index in [2.05, 4.69) is 11.9 Å². The first kappa shape index (κ1) is 14.6. The summed E-state index contributed by atoms with van der Waals surface area (Å²) in [5.74, 6) is 0.577. The number of aromatic nitrogens is 1. The SMILES string of the molecule is [B]C([B])(c1cccc(C(=O)N2CCCC2)n1)N1CC(C)C1. The van der Waals surface area contributed by atoms with E-state index in [1.165, 1.54) is 0 Å². The second kappa shape index (κ2) is 5.48. The van der Waals surface area contributed by atoms with Crippen LogP contribution >= 0.6 is 0 Å². The molecule has 0 atom stereocenters. The zero-order valence-electron chi connectivity index (χ0n) is 12.5. The van der Waals surface area contributed by atoms with Gasteiger partial charge in [0.15, 0.2) is 0 Å². The van der Waals surface area contributed by atoms with E-state index in [4.69, 9.17) is 15.7 Å². The number of nitrogens with zero attached hydrogens (tertiary/aromatic N) is 3. The Morgan fingerprint density at radius 3 is 2.57 bits per heavy atom. The average Bonchev–Trinajstić information content (AvgIpc) is 2.97. The minimum absolute atomic E-state index is 0.0258. The van der Waals surface area contributed by atoms with Crippen molar-refractivity contribution in [2.24, 2.45) is 5.92 Å². The molecule has 21 heavy (non-hydrogen) atoms. The highest BCUT2D eigenvalue weighted by Crippen LogP contribution is 2.28. The summed E-state index contributed by atoms with van der Waals surface area (Å²) in [6.45, 7) is 5.50. The third-order valence-corrected chi connectivity index (χ3v) is 4.36. The third-order valence-electron chi connectivity index (χ3n) is 4.36. The Balaban J connectivity index is 1.80. The standard InChI is InChI=1S/C15H19B2N3O/c1-11-9-20(10-11)15(16,17)13-6-4-5-12(18-13)14(21)19-7-2-3-8-19/h4-6,11H,2-3,7-10H2,1H3. The highest BCUT2D eigenvalue weighted by molar-refractivity contribution is 6.39. The number of carbonyl (C=O) groups excluding carboxylic acids is 1. The molecule has 4 nitrogen and oxygen atoms in total. The molecule has 4 radical (unpaired) electrons.